The van der Waals surface area contributed by atoms with Crippen LogP contribution >= 0.6 is 0 Å². The lowest BCUT2D eigenvalue weighted by Crippen LogP contribution is -2.14. The second kappa shape index (κ2) is 6.64. The number of hydrogen-bond acceptors (Lipinski definition) is 5. The summed E-state index contributed by atoms with van der Waals surface area (Å²) in [5.41, 5.74) is 2.53. The fourth-order valence-corrected chi connectivity index (χ4v) is 2.61. The van der Waals surface area contributed by atoms with E-state index in [0.717, 1.165) is 11.4 Å². The van der Waals surface area contributed by atoms with Crippen molar-refractivity contribution in [2.24, 2.45) is 0 Å². The number of nitrogens with one attached hydrogen (secondary N) is 1. The van der Waals surface area contributed by atoms with Gasteiger partial charge in [-0.05, 0) is 30.3 Å². The molecule has 0 bridgehead atoms. The van der Waals surface area contributed by atoms with Gasteiger partial charge in [0.2, 0.25) is 0 Å². The van der Waals surface area contributed by atoms with Gasteiger partial charge in [0.25, 0.3) is 5.91 Å². The molecule has 128 valence electrons. The highest BCUT2D eigenvalue weighted by Gasteiger charge is 2.16. The average Bonchev–Trinajstić information content (AvgIpc) is 3.12. The smallest absolute Gasteiger partial charge is 0.261 e. The van der Waals surface area contributed by atoms with Crippen molar-refractivity contribution in [2.45, 2.75) is 0 Å². The number of aromatic nitrogens is 4. The number of carbonyl (C=O) groups is 1. The molecule has 0 aliphatic carbocycles. The van der Waals surface area contributed by atoms with Gasteiger partial charge in [0.15, 0.2) is 5.65 Å². The normalized spacial score (nSPS) is 10.7. The molecule has 3 aromatic heterocycles. The molecule has 0 aliphatic rings. The molecule has 3 heterocycles. The van der Waals surface area contributed by atoms with E-state index in [4.69, 9.17) is 0 Å². The first-order valence-corrected chi connectivity index (χ1v) is 8.07. The molecule has 0 unspecified atom stereocenters. The topological polar surface area (TPSA) is 75.4 Å². The van der Waals surface area contributed by atoms with Crippen molar-refractivity contribution in [3.05, 3.63) is 78.9 Å². The van der Waals surface area contributed by atoms with Gasteiger partial charge >= 0.3 is 0 Å². The van der Waals surface area contributed by atoms with Crippen LogP contribution in [0.3, 0.4) is 0 Å². The van der Waals surface area contributed by atoms with Crippen molar-refractivity contribution >= 4 is 28.7 Å². The molecule has 0 radical (unpaired) electrons. The first-order chi connectivity index (χ1) is 12.7. The molecule has 4 rings (SSSR count). The lowest BCUT2D eigenvalue weighted by molar-refractivity contribution is 0.102. The Morgan fingerprint density at radius 2 is 1.92 bits per heavy atom. The number of amides is 1. The van der Waals surface area contributed by atoms with E-state index in [2.05, 4.69) is 20.4 Å². The summed E-state index contributed by atoms with van der Waals surface area (Å²) in [6.07, 6.45) is 6.78. The molecule has 26 heavy (non-hydrogen) atoms. The fraction of sp³-hybridized carbons (Fsp3) is 0.0526. The third-order valence-corrected chi connectivity index (χ3v) is 4.01. The molecule has 4 aromatic rings. The van der Waals surface area contributed by atoms with Crippen LogP contribution in [0.4, 0.5) is 17.2 Å². The van der Waals surface area contributed by atoms with E-state index in [1.807, 2.05) is 60.5 Å². The van der Waals surface area contributed by atoms with E-state index in [9.17, 15) is 4.79 Å². The molecule has 0 fully saturated rings. The number of anilines is 3. The van der Waals surface area contributed by atoms with Gasteiger partial charge in [-0.1, -0.05) is 18.2 Å². The van der Waals surface area contributed by atoms with Crippen LogP contribution < -0.4 is 10.2 Å². The van der Waals surface area contributed by atoms with Gasteiger partial charge < -0.3 is 10.2 Å². The van der Waals surface area contributed by atoms with Crippen molar-refractivity contribution in [1.82, 2.24) is 19.6 Å². The highest BCUT2D eigenvalue weighted by atomic mass is 16.1. The van der Waals surface area contributed by atoms with E-state index in [-0.39, 0.29) is 5.91 Å². The first-order valence-electron chi connectivity index (χ1n) is 8.07. The number of carbonyl (C=O) groups excluding carboxylic acids is 1. The summed E-state index contributed by atoms with van der Waals surface area (Å²) in [7, 11) is 1.90. The average molecular weight is 344 g/mol. The van der Waals surface area contributed by atoms with Crippen LogP contribution in [0.2, 0.25) is 0 Å². The Bertz CT molecular complexity index is 1050. The van der Waals surface area contributed by atoms with Crippen LogP contribution in [-0.2, 0) is 0 Å². The third kappa shape index (κ3) is 2.98. The number of pyridine rings is 1. The summed E-state index contributed by atoms with van der Waals surface area (Å²) >= 11 is 0. The van der Waals surface area contributed by atoms with E-state index in [0.29, 0.717) is 17.0 Å². The van der Waals surface area contributed by atoms with Crippen LogP contribution in [-0.4, -0.2) is 32.5 Å². The first kappa shape index (κ1) is 15.8. The van der Waals surface area contributed by atoms with Crippen molar-refractivity contribution in [1.29, 1.82) is 0 Å². The Hall–Kier alpha value is -3.74. The number of para-hydroxylation sites is 1. The van der Waals surface area contributed by atoms with Crippen LogP contribution in [0.25, 0.3) is 5.65 Å². The van der Waals surface area contributed by atoms with Gasteiger partial charge in [-0.3, -0.25) is 9.78 Å². The van der Waals surface area contributed by atoms with Crippen molar-refractivity contribution < 1.29 is 4.79 Å². The lowest BCUT2D eigenvalue weighted by Gasteiger charge is -2.17. The van der Waals surface area contributed by atoms with E-state index in [1.54, 1.807) is 23.1 Å². The second-order valence-corrected chi connectivity index (χ2v) is 5.70. The Labute approximate surface area is 149 Å². The van der Waals surface area contributed by atoms with Gasteiger partial charge in [0, 0.05) is 25.1 Å². The van der Waals surface area contributed by atoms with E-state index < -0.39 is 0 Å². The standard InChI is InChI=1S/C19H16N6O/c1-24(15-8-5-10-20-12-15)17-9-11-25-18(23-17)16(13-21-25)19(26)22-14-6-3-2-4-7-14/h2-13H,1H3,(H,22,26). The van der Waals surface area contributed by atoms with Crippen molar-refractivity contribution in [2.75, 3.05) is 17.3 Å². The number of rotatable bonds is 4. The molecule has 0 aliphatic heterocycles. The van der Waals surface area contributed by atoms with Gasteiger partial charge in [-0.2, -0.15) is 5.10 Å². The molecule has 1 aromatic carbocycles. The van der Waals surface area contributed by atoms with Crippen LogP contribution in [0.15, 0.2) is 73.3 Å². The predicted molar refractivity (Wildman–Crippen MR) is 99.7 cm³/mol. The Morgan fingerprint density at radius 1 is 1.08 bits per heavy atom. The van der Waals surface area contributed by atoms with Gasteiger partial charge in [0.05, 0.1) is 18.1 Å². The van der Waals surface area contributed by atoms with Crippen LogP contribution in [0, 0.1) is 0 Å². The molecule has 7 heteroatoms. The summed E-state index contributed by atoms with van der Waals surface area (Å²) < 4.78 is 1.58. The highest BCUT2D eigenvalue weighted by Crippen LogP contribution is 2.22. The SMILES string of the molecule is CN(c1cccnc1)c1ccn2ncc(C(=O)Nc3ccccc3)c2n1. The summed E-state index contributed by atoms with van der Waals surface area (Å²) in [4.78, 5) is 23.3. The van der Waals surface area contributed by atoms with Gasteiger partial charge in [-0.15, -0.1) is 0 Å². The quantitative estimate of drug-likeness (QED) is 0.615. The minimum absolute atomic E-state index is 0.250. The van der Waals surface area contributed by atoms with Crippen molar-refractivity contribution in [3.63, 3.8) is 0 Å². The molecular weight excluding hydrogens is 328 g/mol. The monoisotopic (exact) mass is 344 g/mol. The molecular formula is C19H16N6O. The molecule has 0 saturated carbocycles. The highest BCUT2D eigenvalue weighted by molar-refractivity contribution is 6.08. The third-order valence-electron chi connectivity index (χ3n) is 4.01. The number of nitrogens with zero attached hydrogens (tertiary/aromatic N) is 5. The fourth-order valence-electron chi connectivity index (χ4n) is 2.61. The number of fused-ring (bicyclic) bond motifs is 1. The molecule has 0 atom stereocenters. The van der Waals surface area contributed by atoms with Crippen LogP contribution in [0.1, 0.15) is 10.4 Å². The summed E-state index contributed by atoms with van der Waals surface area (Å²) in [6.45, 7) is 0. The summed E-state index contributed by atoms with van der Waals surface area (Å²) in [5, 5.41) is 7.08. The Balaban J connectivity index is 1.67. The maximum atomic E-state index is 12.6. The number of hydrogen-bond donors (Lipinski definition) is 1. The van der Waals surface area contributed by atoms with Crippen LogP contribution in [0.5, 0.6) is 0 Å². The van der Waals surface area contributed by atoms with Gasteiger partial charge in [-0.25, -0.2) is 9.50 Å². The maximum Gasteiger partial charge on any atom is 0.261 e. The Morgan fingerprint density at radius 3 is 2.69 bits per heavy atom. The zero-order valence-electron chi connectivity index (χ0n) is 14.1. The summed E-state index contributed by atoms with van der Waals surface area (Å²) in [5.74, 6) is 0.444. The predicted octanol–water partition coefficient (Wildman–Crippen LogP) is 3.14. The zero-order valence-corrected chi connectivity index (χ0v) is 14.1. The van der Waals surface area contributed by atoms with E-state index >= 15 is 0 Å². The Kier molecular flexibility index (Phi) is 4.03. The minimum atomic E-state index is -0.250. The number of benzene rings is 1. The maximum absolute atomic E-state index is 12.6. The lowest BCUT2D eigenvalue weighted by atomic mass is 10.2. The molecule has 1 amide bonds. The largest absolute Gasteiger partial charge is 0.328 e. The molecule has 0 spiro atoms. The summed E-state index contributed by atoms with van der Waals surface area (Å²) in [6, 6.07) is 14.9. The minimum Gasteiger partial charge on any atom is -0.328 e. The molecule has 7 nitrogen and oxygen atoms in total. The zero-order chi connectivity index (χ0) is 17.9. The second-order valence-electron chi connectivity index (χ2n) is 5.70. The van der Waals surface area contributed by atoms with Gasteiger partial charge in [0.1, 0.15) is 11.4 Å². The molecule has 1 N–H and O–H groups in total. The van der Waals surface area contributed by atoms with E-state index in [1.165, 1.54) is 6.20 Å². The molecule has 0 saturated heterocycles. The van der Waals surface area contributed by atoms with Crippen molar-refractivity contribution in [3.8, 4) is 0 Å².